The van der Waals surface area contributed by atoms with Crippen LogP contribution < -0.4 is 5.73 Å². The van der Waals surface area contributed by atoms with Crippen molar-refractivity contribution in [3.8, 4) is 0 Å². The second kappa shape index (κ2) is 5.63. The van der Waals surface area contributed by atoms with Gasteiger partial charge in [-0.2, -0.15) is 0 Å². The van der Waals surface area contributed by atoms with Crippen molar-refractivity contribution in [1.29, 1.82) is 0 Å². The first-order valence-corrected chi connectivity index (χ1v) is 6.80. The summed E-state index contributed by atoms with van der Waals surface area (Å²) in [6, 6.07) is 0. The van der Waals surface area contributed by atoms with Gasteiger partial charge in [0.25, 0.3) is 0 Å². The molecule has 1 saturated heterocycles. The second-order valence-corrected chi connectivity index (χ2v) is 6.67. The lowest BCUT2D eigenvalue weighted by Crippen LogP contribution is -2.45. The van der Waals surface area contributed by atoms with Crippen LogP contribution in [0.2, 0.25) is 0 Å². The Labute approximate surface area is 111 Å². The van der Waals surface area contributed by atoms with Gasteiger partial charge in [0, 0.05) is 12.0 Å². The van der Waals surface area contributed by atoms with Crippen molar-refractivity contribution in [2.75, 3.05) is 26.2 Å². The molecule has 3 nitrogen and oxygen atoms in total. The first-order valence-electron chi connectivity index (χ1n) is 6.39. The summed E-state index contributed by atoms with van der Waals surface area (Å²) < 4.78 is 5.74. The highest BCUT2D eigenvalue weighted by molar-refractivity contribution is 7.80. The summed E-state index contributed by atoms with van der Waals surface area (Å²) in [4.78, 5) is 3.11. The highest BCUT2D eigenvalue weighted by Crippen LogP contribution is 2.30. The van der Waals surface area contributed by atoms with Gasteiger partial charge < -0.3 is 15.4 Å². The average Bonchev–Trinajstić information content (AvgIpc) is 2.19. The van der Waals surface area contributed by atoms with E-state index in [2.05, 4.69) is 32.6 Å². The van der Waals surface area contributed by atoms with Crippen molar-refractivity contribution < 1.29 is 4.74 Å². The highest BCUT2D eigenvalue weighted by atomic mass is 32.1. The lowest BCUT2D eigenvalue weighted by Gasteiger charge is -2.38. The van der Waals surface area contributed by atoms with E-state index in [1.165, 1.54) is 0 Å². The van der Waals surface area contributed by atoms with E-state index >= 15 is 0 Å². The van der Waals surface area contributed by atoms with Gasteiger partial charge in [0.1, 0.15) is 0 Å². The fourth-order valence-corrected chi connectivity index (χ4v) is 2.20. The minimum atomic E-state index is -0.0386. The normalized spacial score (nSPS) is 21.4. The van der Waals surface area contributed by atoms with Crippen LogP contribution in [0.5, 0.6) is 0 Å². The van der Waals surface area contributed by atoms with Gasteiger partial charge in [-0.15, -0.1) is 0 Å². The molecule has 0 saturated carbocycles. The molecule has 0 aromatic rings. The molecule has 0 aromatic carbocycles. The largest absolute Gasteiger partial charge is 0.393 e. The van der Waals surface area contributed by atoms with Crippen molar-refractivity contribution in [3.63, 3.8) is 0 Å². The molecule has 2 N–H and O–H groups in total. The second-order valence-electron chi connectivity index (χ2n) is 6.23. The molecule has 1 rings (SSSR count). The standard InChI is InChI=1S/C13H26N2OS/c1-12(2,3)16-10-9-15-7-5-13(4,6-8-15)11(14)17/h5-10H2,1-4H3,(H2,14,17). The van der Waals surface area contributed by atoms with Crippen molar-refractivity contribution in [2.24, 2.45) is 11.1 Å². The molecule has 1 heterocycles. The van der Waals surface area contributed by atoms with E-state index in [0.29, 0.717) is 4.99 Å². The smallest absolute Gasteiger partial charge is 0.0788 e. The van der Waals surface area contributed by atoms with Gasteiger partial charge in [-0.3, -0.25) is 0 Å². The van der Waals surface area contributed by atoms with Crippen LogP contribution in [0.4, 0.5) is 0 Å². The van der Waals surface area contributed by atoms with Gasteiger partial charge in [-0.25, -0.2) is 0 Å². The van der Waals surface area contributed by atoms with E-state index in [9.17, 15) is 0 Å². The molecular weight excluding hydrogens is 232 g/mol. The topological polar surface area (TPSA) is 38.5 Å². The molecule has 0 atom stereocenters. The molecule has 0 aliphatic carbocycles. The molecule has 0 aromatic heterocycles. The number of nitrogens with zero attached hydrogens (tertiary/aromatic N) is 1. The van der Waals surface area contributed by atoms with E-state index in [0.717, 1.165) is 39.1 Å². The number of piperidine rings is 1. The van der Waals surface area contributed by atoms with E-state index in [1.54, 1.807) is 0 Å². The van der Waals surface area contributed by atoms with Gasteiger partial charge in [-0.05, 0) is 46.7 Å². The highest BCUT2D eigenvalue weighted by Gasteiger charge is 2.32. The maximum atomic E-state index is 5.79. The molecule has 0 spiro atoms. The van der Waals surface area contributed by atoms with Crippen molar-refractivity contribution in [1.82, 2.24) is 4.90 Å². The number of ether oxygens (including phenoxy) is 1. The van der Waals surface area contributed by atoms with Crippen LogP contribution in [0.25, 0.3) is 0 Å². The van der Waals surface area contributed by atoms with Crippen LogP contribution in [-0.2, 0) is 4.74 Å². The lowest BCUT2D eigenvalue weighted by molar-refractivity contribution is -0.0170. The fraction of sp³-hybridized carbons (Fsp3) is 0.923. The molecular formula is C13H26N2OS. The molecule has 0 radical (unpaired) electrons. The number of hydrogen-bond acceptors (Lipinski definition) is 3. The van der Waals surface area contributed by atoms with E-state index in [4.69, 9.17) is 22.7 Å². The van der Waals surface area contributed by atoms with Gasteiger partial charge in [0.05, 0.1) is 17.2 Å². The number of rotatable bonds is 4. The lowest BCUT2D eigenvalue weighted by atomic mass is 9.80. The molecule has 100 valence electrons. The minimum absolute atomic E-state index is 0.0386. The zero-order valence-corrected chi connectivity index (χ0v) is 12.4. The SMILES string of the molecule is CC(C)(C)OCCN1CCC(C)(C(N)=S)CC1. The third kappa shape index (κ3) is 4.90. The van der Waals surface area contributed by atoms with E-state index in [1.807, 2.05) is 0 Å². The monoisotopic (exact) mass is 258 g/mol. The van der Waals surface area contributed by atoms with Crippen molar-refractivity contribution in [3.05, 3.63) is 0 Å². The summed E-state index contributed by atoms with van der Waals surface area (Å²) in [7, 11) is 0. The zero-order chi connectivity index (χ0) is 13.1. The zero-order valence-electron chi connectivity index (χ0n) is 11.6. The van der Waals surface area contributed by atoms with Crippen LogP contribution in [0.1, 0.15) is 40.5 Å². The van der Waals surface area contributed by atoms with Gasteiger partial charge in [0.2, 0.25) is 0 Å². The third-order valence-electron chi connectivity index (χ3n) is 3.50. The molecule has 0 amide bonds. The predicted octanol–water partition coefficient (Wildman–Crippen LogP) is 2.19. The summed E-state index contributed by atoms with van der Waals surface area (Å²) in [5.74, 6) is 0. The van der Waals surface area contributed by atoms with Crippen LogP contribution in [0.15, 0.2) is 0 Å². The first kappa shape index (κ1) is 14.9. The molecule has 1 fully saturated rings. The van der Waals surface area contributed by atoms with Gasteiger partial charge >= 0.3 is 0 Å². The van der Waals surface area contributed by atoms with E-state index in [-0.39, 0.29) is 11.0 Å². The average molecular weight is 258 g/mol. The summed E-state index contributed by atoms with van der Waals surface area (Å²) in [5.41, 5.74) is 5.82. The fourth-order valence-electron chi connectivity index (χ4n) is 2.00. The van der Waals surface area contributed by atoms with Crippen molar-refractivity contribution in [2.45, 2.75) is 46.1 Å². The maximum absolute atomic E-state index is 5.79. The predicted molar refractivity (Wildman–Crippen MR) is 76.3 cm³/mol. The Bertz CT molecular complexity index is 265. The Morgan fingerprint density at radius 1 is 1.35 bits per heavy atom. The molecule has 0 bridgehead atoms. The van der Waals surface area contributed by atoms with Crippen LogP contribution in [0, 0.1) is 5.41 Å². The number of nitrogens with two attached hydrogens (primary N) is 1. The third-order valence-corrected chi connectivity index (χ3v) is 3.99. The van der Waals surface area contributed by atoms with Crippen LogP contribution >= 0.6 is 12.2 Å². The van der Waals surface area contributed by atoms with Gasteiger partial charge in [-0.1, -0.05) is 19.1 Å². The Balaban J connectivity index is 2.26. The molecule has 17 heavy (non-hydrogen) atoms. The molecule has 1 aliphatic heterocycles. The first-order chi connectivity index (χ1) is 7.73. The van der Waals surface area contributed by atoms with Gasteiger partial charge in [0.15, 0.2) is 0 Å². The number of thiocarbonyl (C=S) groups is 1. The Kier molecular flexibility index (Phi) is 4.93. The van der Waals surface area contributed by atoms with E-state index < -0.39 is 0 Å². The minimum Gasteiger partial charge on any atom is -0.393 e. The Morgan fingerprint density at radius 2 is 1.88 bits per heavy atom. The molecule has 0 unspecified atom stereocenters. The summed E-state index contributed by atoms with van der Waals surface area (Å²) in [5, 5.41) is 0. The number of hydrogen-bond donors (Lipinski definition) is 1. The van der Waals surface area contributed by atoms with Crippen LogP contribution in [-0.4, -0.2) is 41.7 Å². The summed E-state index contributed by atoms with van der Waals surface area (Å²) in [6.45, 7) is 12.4. The summed E-state index contributed by atoms with van der Waals surface area (Å²) >= 11 is 5.14. The Morgan fingerprint density at radius 3 is 2.29 bits per heavy atom. The van der Waals surface area contributed by atoms with Crippen LogP contribution in [0.3, 0.4) is 0 Å². The Hall–Kier alpha value is -0.190. The summed E-state index contributed by atoms with van der Waals surface area (Å²) in [6.07, 6.45) is 2.13. The quantitative estimate of drug-likeness (QED) is 0.785. The van der Waals surface area contributed by atoms with Crippen molar-refractivity contribution >= 4 is 17.2 Å². The maximum Gasteiger partial charge on any atom is 0.0788 e. The number of likely N-dealkylation sites (tertiary alicyclic amines) is 1. The molecule has 4 heteroatoms. The molecule has 1 aliphatic rings.